The number of pyridine rings is 1. The van der Waals surface area contributed by atoms with Crippen molar-refractivity contribution >= 4 is 18.0 Å². The third-order valence-corrected chi connectivity index (χ3v) is 6.08. The quantitative estimate of drug-likeness (QED) is 0.0715. The molecule has 2 amide bonds. The third-order valence-electron chi connectivity index (χ3n) is 6.08. The molecule has 14 heteroatoms. The van der Waals surface area contributed by atoms with Crippen LogP contribution in [0.1, 0.15) is 52.5 Å². The molecule has 232 valence electrons. The number of alkyl carbamates (subject to hydrolysis) is 1. The predicted molar refractivity (Wildman–Crippen MR) is 150 cm³/mol. The van der Waals surface area contributed by atoms with Crippen molar-refractivity contribution in [1.82, 2.24) is 10.3 Å². The monoisotopic (exact) mass is 583 g/mol. The number of ether oxygens (including phenoxy) is 6. The topological polar surface area (TPSA) is 199 Å². The molecule has 14 nitrogen and oxygen atoms in total. The number of amides is 2. The molecule has 1 heterocycles. The zero-order chi connectivity index (χ0) is 29.7. The van der Waals surface area contributed by atoms with Gasteiger partial charge in [0.1, 0.15) is 6.61 Å². The van der Waals surface area contributed by atoms with Gasteiger partial charge in [-0.25, -0.2) is 4.79 Å². The smallest absolute Gasteiger partial charge is 0.407 e. The van der Waals surface area contributed by atoms with Crippen molar-refractivity contribution in [3.8, 4) is 0 Å². The number of aliphatic imine (C=N–C) groups is 1. The number of hydrogen-bond donors (Lipinski definition) is 4. The Balaban J connectivity index is 1.54. The Labute approximate surface area is 241 Å². The minimum atomic E-state index is -0.522. The highest BCUT2D eigenvalue weighted by atomic mass is 16.6. The normalized spacial score (nSPS) is 14.6. The van der Waals surface area contributed by atoms with E-state index in [2.05, 4.69) is 15.3 Å². The van der Waals surface area contributed by atoms with Crippen molar-refractivity contribution < 1.29 is 43.1 Å². The van der Waals surface area contributed by atoms with E-state index in [9.17, 15) is 9.59 Å². The number of carbonyl (C=O) groups is 2. The van der Waals surface area contributed by atoms with Gasteiger partial charge in [0.25, 0.3) is 5.91 Å². The summed E-state index contributed by atoms with van der Waals surface area (Å²) in [6.07, 6.45) is 2.99. The highest BCUT2D eigenvalue weighted by Crippen LogP contribution is 2.31. The number of nitrogens with two attached hydrogens (primary N) is 2. The standard InChI is InChI=1S/C27H45N5O9/c1-20-23(25(34)32-26(28)29)18-21-4-2-3-5-22(24(21)31-20)19-41-27(35)30-6-8-36-10-12-38-14-16-40-17-15-39-13-11-37-9-7-33/h18,22,33H,2-17,19H2,1H3,(H,30,35)(H4,28,29,32,34). The average Bonchev–Trinajstić information content (AvgIpc) is 3.14. The number of aliphatic hydroxyl groups is 1. The van der Waals surface area contributed by atoms with Gasteiger partial charge in [-0.2, -0.15) is 4.99 Å². The molecule has 2 rings (SSSR count). The molecule has 0 spiro atoms. The summed E-state index contributed by atoms with van der Waals surface area (Å²) in [6, 6.07) is 1.80. The summed E-state index contributed by atoms with van der Waals surface area (Å²) in [5.41, 5.74) is 13.4. The Morgan fingerprint density at radius 1 is 0.951 bits per heavy atom. The van der Waals surface area contributed by atoms with E-state index in [0.717, 1.165) is 36.9 Å². The maximum atomic E-state index is 12.3. The van der Waals surface area contributed by atoms with Crippen LogP contribution < -0.4 is 16.8 Å². The molecule has 0 radical (unpaired) electrons. The number of guanidine groups is 1. The number of carbonyl (C=O) groups excluding carboxylic acids is 2. The molecule has 0 bridgehead atoms. The highest BCUT2D eigenvalue weighted by Gasteiger charge is 2.24. The lowest BCUT2D eigenvalue weighted by molar-refractivity contribution is -0.0130. The van der Waals surface area contributed by atoms with Gasteiger partial charge in [-0.05, 0) is 37.8 Å². The van der Waals surface area contributed by atoms with Gasteiger partial charge < -0.3 is 50.3 Å². The molecule has 1 aromatic heterocycles. The Bertz CT molecular complexity index is 944. The van der Waals surface area contributed by atoms with Crippen LogP contribution in [0.25, 0.3) is 0 Å². The SMILES string of the molecule is Cc1nc2c(cc1C(=O)N=C(N)N)CCCCC2COC(=O)NCCOCCOCCOCCOCCOCCO. The predicted octanol–water partition coefficient (Wildman–Crippen LogP) is 0.415. The van der Waals surface area contributed by atoms with Crippen LogP contribution in [-0.2, 0) is 34.8 Å². The van der Waals surface area contributed by atoms with Gasteiger partial charge in [-0.3, -0.25) is 9.78 Å². The van der Waals surface area contributed by atoms with Crippen LogP contribution >= 0.6 is 0 Å². The first-order valence-electron chi connectivity index (χ1n) is 14.0. The van der Waals surface area contributed by atoms with Gasteiger partial charge in [0.05, 0.1) is 89.6 Å². The van der Waals surface area contributed by atoms with E-state index in [1.165, 1.54) is 0 Å². The van der Waals surface area contributed by atoms with Crippen molar-refractivity contribution in [2.45, 2.75) is 38.5 Å². The fraction of sp³-hybridized carbons (Fsp3) is 0.704. The van der Waals surface area contributed by atoms with Gasteiger partial charge in [0.2, 0.25) is 0 Å². The van der Waals surface area contributed by atoms with Crippen LogP contribution in [-0.4, -0.2) is 114 Å². The van der Waals surface area contributed by atoms with E-state index in [4.69, 9.17) is 45.0 Å². The second kappa shape index (κ2) is 20.9. The molecule has 0 aromatic carbocycles. The summed E-state index contributed by atoms with van der Waals surface area (Å²) in [6.45, 7) is 6.44. The molecule has 0 saturated heterocycles. The highest BCUT2D eigenvalue weighted by molar-refractivity contribution is 6.02. The first-order chi connectivity index (χ1) is 19.9. The first-order valence-corrected chi connectivity index (χ1v) is 14.0. The van der Waals surface area contributed by atoms with Gasteiger partial charge in [0.15, 0.2) is 5.96 Å². The number of fused-ring (bicyclic) bond motifs is 1. The van der Waals surface area contributed by atoms with Crippen molar-refractivity contribution in [3.63, 3.8) is 0 Å². The van der Waals surface area contributed by atoms with Crippen molar-refractivity contribution in [2.75, 3.05) is 85.8 Å². The summed E-state index contributed by atoms with van der Waals surface area (Å²) in [5.74, 6) is -0.878. The molecular formula is C27H45N5O9. The summed E-state index contributed by atoms with van der Waals surface area (Å²) in [4.78, 5) is 32.8. The van der Waals surface area contributed by atoms with Gasteiger partial charge in [-0.1, -0.05) is 6.42 Å². The number of aromatic nitrogens is 1. The lowest BCUT2D eigenvalue weighted by atomic mass is 9.96. The van der Waals surface area contributed by atoms with E-state index in [1.807, 2.05) is 0 Å². The summed E-state index contributed by atoms with van der Waals surface area (Å²) >= 11 is 0. The Morgan fingerprint density at radius 2 is 1.54 bits per heavy atom. The van der Waals surface area contributed by atoms with Gasteiger partial charge in [0, 0.05) is 12.5 Å². The van der Waals surface area contributed by atoms with Crippen LogP contribution in [0.5, 0.6) is 0 Å². The lowest BCUT2D eigenvalue weighted by Gasteiger charge is -2.18. The molecule has 0 aliphatic heterocycles. The van der Waals surface area contributed by atoms with E-state index in [0.29, 0.717) is 83.9 Å². The minimum absolute atomic E-state index is 0.00763. The molecule has 0 fully saturated rings. The lowest BCUT2D eigenvalue weighted by Crippen LogP contribution is -2.29. The maximum absolute atomic E-state index is 12.3. The zero-order valence-corrected chi connectivity index (χ0v) is 23.9. The van der Waals surface area contributed by atoms with Gasteiger partial charge >= 0.3 is 6.09 Å². The van der Waals surface area contributed by atoms with E-state index >= 15 is 0 Å². The van der Waals surface area contributed by atoms with Crippen molar-refractivity contribution in [1.29, 1.82) is 0 Å². The maximum Gasteiger partial charge on any atom is 0.407 e. The second-order valence-electron chi connectivity index (χ2n) is 9.26. The molecule has 0 saturated carbocycles. The summed E-state index contributed by atoms with van der Waals surface area (Å²) in [7, 11) is 0. The number of rotatable bonds is 20. The van der Waals surface area contributed by atoms with E-state index in [-0.39, 0.29) is 25.1 Å². The number of nitrogens with one attached hydrogen (secondary N) is 1. The van der Waals surface area contributed by atoms with E-state index < -0.39 is 12.0 Å². The Morgan fingerprint density at radius 3 is 2.12 bits per heavy atom. The molecule has 1 aliphatic carbocycles. The van der Waals surface area contributed by atoms with Crippen LogP contribution in [0.4, 0.5) is 4.79 Å². The molecule has 1 atom stereocenters. The molecule has 1 unspecified atom stereocenters. The van der Waals surface area contributed by atoms with Crippen LogP contribution in [0.2, 0.25) is 0 Å². The largest absolute Gasteiger partial charge is 0.449 e. The molecule has 1 aromatic rings. The second-order valence-corrected chi connectivity index (χ2v) is 9.26. The van der Waals surface area contributed by atoms with Crippen LogP contribution in [0.3, 0.4) is 0 Å². The fourth-order valence-corrected chi connectivity index (χ4v) is 4.12. The third kappa shape index (κ3) is 14.5. The minimum Gasteiger partial charge on any atom is -0.449 e. The number of aryl methyl sites for hydroxylation is 2. The van der Waals surface area contributed by atoms with Crippen LogP contribution in [0.15, 0.2) is 11.1 Å². The first kappa shape index (κ1) is 34.3. The van der Waals surface area contributed by atoms with Crippen molar-refractivity contribution in [2.24, 2.45) is 16.5 Å². The Kier molecular flexibility index (Phi) is 17.5. The molecule has 1 aliphatic rings. The van der Waals surface area contributed by atoms with E-state index in [1.54, 1.807) is 13.0 Å². The molecular weight excluding hydrogens is 538 g/mol. The molecule has 41 heavy (non-hydrogen) atoms. The molecule has 6 N–H and O–H groups in total. The van der Waals surface area contributed by atoms with Gasteiger partial charge in [-0.15, -0.1) is 0 Å². The number of hydrogen-bond acceptors (Lipinski definition) is 10. The van der Waals surface area contributed by atoms with Crippen LogP contribution in [0, 0.1) is 6.92 Å². The number of nitrogens with zero attached hydrogens (tertiary/aromatic N) is 2. The average molecular weight is 584 g/mol. The number of aliphatic hydroxyl groups excluding tert-OH is 1. The fourth-order valence-electron chi connectivity index (χ4n) is 4.12. The summed E-state index contributed by atoms with van der Waals surface area (Å²) in [5, 5.41) is 11.3. The van der Waals surface area contributed by atoms with Crippen molar-refractivity contribution in [3.05, 3.63) is 28.6 Å². The Hall–Kier alpha value is -2.88. The summed E-state index contributed by atoms with van der Waals surface area (Å²) < 4.78 is 32.1. The zero-order valence-electron chi connectivity index (χ0n) is 23.9.